The lowest BCUT2D eigenvalue weighted by molar-refractivity contribution is 0.102. The van der Waals surface area contributed by atoms with Crippen molar-refractivity contribution in [2.75, 3.05) is 6.61 Å². The van der Waals surface area contributed by atoms with Crippen LogP contribution in [0.3, 0.4) is 0 Å². The minimum Gasteiger partial charge on any atom is -0.492 e. The fourth-order valence-corrected chi connectivity index (χ4v) is 3.22. The SMILES string of the molecule is O=C1/C(=C\c2ccccc2)CCc2cc(OCCn3ccnc3)ccc21. The Labute approximate surface area is 152 Å². The molecule has 0 spiro atoms. The van der Waals surface area contributed by atoms with Crippen molar-refractivity contribution in [3.05, 3.63) is 89.5 Å². The van der Waals surface area contributed by atoms with E-state index in [0.717, 1.165) is 47.4 Å². The second-order valence-corrected chi connectivity index (χ2v) is 6.38. The predicted molar refractivity (Wildman–Crippen MR) is 101 cm³/mol. The zero-order chi connectivity index (χ0) is 17.8. The zero-order valence-electron chi connectivity index (χ0n) is 14.5. The molecular weight excluding hydrogens is 324 g/mol. The first-order valence-corrected chi connectivity index (χ1v) is 8.81. The molecule has 0 saturated carbocycles. The number of hydrogen-bond acceptors (Lipinski definition) is 3. The summed E-state index contributed by atoms with van der Waals surface area (Å²) in [6.07, 6.45) is 9.06. The Hall–Kier alpha value is -3.14. The molecule has 0 radical (unpaired) electrons. The minimum absolute atomic E-state index is 0.125. The average molecular weight is 344 g/mol. The van der Waals surface area contributed by atoms with E-state index in [0.29, 0.717) is 6.61 Å². The second-order valence-electron chi connectivity index (χ2n) is 6.38. The van der Waals surface area contributed by atoms with Crippen molar-refractivity contribution in [3.63, 3.8) is 0 Å². The van der Waals surface area contributed by atoms with E-state index in [1.165, 1.54) is 0 Å². The number of ketones is 1. The molecule has 0 amide bonds. The molecule has 0 bridgehead atoms. The van der Waals surface area contributed by atoms with Gasteiger partial charge in [-0.05, 0) is 48.2 Å². The van der Waals surface area contributed by atoms with E-state index in [1.807, 2.05) is 65.4 Å². The third-order valence-corrected chi connectivity index (χ3v) is 4.59. The van der Waals surface area contributed by atoms with E-state index in [-0.39, 0.29) is 5.78 Å². The van der Waals surface area contributed by atoms with Crippen LogP contribution < -0.4 is 4.74 Å². The summed E-state index contributed by atoms with van der Waals surface area (Å²) in [5.74, 6) is 0.937. The summed E-state index contributed by atoms with van der Waals surface area (Å²) >= 11 is 0. The van der Waals surface area contributed by atoms with Gasteiger partial charge in [0.2, 0.25) is 0 Å². The third-order valence-electron chi connectivity index (χ3n) is 4.59. The van der Waals surface area contributed by atoms with Crippen molar-refractivity contribution >= 4 is 11.9 Å². The van der Waals surface area contributed by atoms with E-state index in [1.54, 1.807) is 12.5 Å². The fraction of sp³-hybridized carbons (Fsp3) is 0.182. The maximum atomic E-state index is 12.8. The van der Waals surface area contributed by atoms with Crippen LogP contribution in [0.2, 0.25) is 0 Å². The number of fused-ring (bicyclic) bond motifs is 1. The lowest BCUT2D eigenvalue weighted by atomic mass is 9.86. The quantitative estimate of drug-likeness (QED) is 0.652. The highest BCUT2D eigenvalue weighted by Crippen LogP contribution is 2.29. The fourth-order valence-electron chi connectivity index (χ4n) is 3.22. The number of rotatable bonds is 5. The maximum Gasteiger partial charge on any atom is 0.189 e. The molecule has 4 nitrogen and oxygen atoms in total. The van der Waals surface area contributed by atoms with Gasteiger partial charge >= 0.3 is 0 Å². The first-order valence-electron chi connectivity index (χ1n) is 8.81. The maximum absolute atomic E-state index is 12.8. The number of Topliss-reactive ketones (excluding diaryl/α,β-unsaturated/α-hetero) is 1. The molecule has 0 unspecified atom stereocenters. The van der Waals surface area contributed by atoms with Crippen LogP contribution >= 0.6 is 0 Å². The summed E-state index contributed by atoms with van der Waals surface area (Å²) in [5, 5.41) is 0. The van der Waals surface area contributed by atoms with Gasteiger partial charge < -0.3 is 9.30 Å². The van der Waals surface area contributed by atoms with Gasteiger partial charge in [0.1, 0.15) is 12.4 Å². The van der Waals surface area contributed by atoms with Gasteiger partial charge in [-0.1, -0.05) is 30.3 Å². The van der Waals surface area contributed by atoms with Crippen molar-refractivity contribution in [2.24, 2.45) is 0 Å². The normalized spacial score (nSPS) is 15.1. The molecule has 4 rings (SSSR count). The van der Waals surface area contributed by atoms with Gasteiger partial charge in [0.05, 0.1) is 12.9 Å². The van der Waals surface area contributed by atoms with Crippen LogP contribution in [-0.2, 0) is 13.0 Å². The smallest absolute Gasteiger partial charge is 0.189 e. The highest BCUT2D eigenvalue weighted by atomic mass is 16.5. The lowest BCUT2D eigenvalue weighted by Gasteiger charge is -2.19. The van der Waals surface area contributed by atoms with Crippen LogP contribution in [0, 0.1) is 0 Å². The first kappa shape index (κ1) is 16.3. The van der Waals surface area contributed by atoms with Crippen LogP contribution in [-0.4, -0.2) is 21.9 Å². The van der Waals surface area contributed by atoms with Crippen LogP contribution in [0.5, 0.6) is 5.75 Å². The number of carbonyl (C=O) groups is 1. The van der Waals surface area contributed by atoms with Crippen molar-refractivity contribution in [1.29, 1.82) is 0 Å². The van der Waals surface area contributed by atoms with Gasteiger partial charge in [-0.3, -0.25) is 4.79 Å². The van der Waals surface area contributed by atoms with E-state index in [2.05, 4.69) is 4.98 Å². The molecular formula is C22H20N2O2. The molecule has 1 aliphatic carbocycles. The van der Waals surface area contributed by atoms with Gasteiger partial charge in [-0.2, -0.15) is 0 Å². The van der Waals surface area contributed by atoms with Crippen molar-refractivity contribution in [1.82, 2.24) is 9.55 Å². The minimum atomic E-state index is 0.125. The van der Waals surface area contributed by atoms with Crippen LogP contribution in [0.4, 0.5) is 0 Å². The molecule has 0 fully saturated rings. The zero-order valence-corrected chi connectivity index (χ0v) is 14.5. The Kier molecular flexibility index (Phi) is 4.65. The van der Waals surface area contributed by atoms with Gasteiger partial charge in [0.15, 0.2) is 5.78 Å². The Morgan fingerprint density at radius 2 is 2.00 bits per heavy atom. The summed E-state index contributed by atoms with van der Waals surface area (Å²) in [7, 11) is 0. The first-order chi connectivity index (χ1) is 12.8. The summed E-state index contributed by atoms with van der Waals surface area (Å²) in [6.45, 7) is 1.32. The molecule has 26 heavy (non-hydrogen) atoms. The van der Waals surface area contributed by atoms with Crippen LogP contribution in [0.15, 0.2) is 72.8 Å². The molecule has 0 N–H and O–H groups in total. The number of aromatic nitrogens is 2. The number of ether oxygens (including phenoxy) is 1. The van der Waals surface area contributed by atoms with Gasteiger partial charge in [0, 0.05) is 23.5 Å². The van der Waals surface area contributed by atoms with E-state index >= 15 is 0 Å². The Morgan fingerprint density at radius 3 is 2.81 bits per heavy atom. The number of nitrogens with zero attached hydrogens (tertiary/aromatic N) is 2. The molecule has 0 atom stereocenters. The van der Waals surface area contributed by atoms with Gasteiger partial charge in [-0.25, -0.2) is 4.98 Å². The number of carbonyl (C=O) groups excluding carboxylic acids is 1. The van der Waals surface area contributed by atoms with Crippen molar-refractivity contribution in [2.45, 2.75) is 19.4 Å². The molecule has 4 heteroatoms. The molecule has 130 valence electrons. The highest BCUT2D eigenvalue weighted by molar-refractivity contribution is 6.13. The summed E-state index contributed by atoms with van der Waals surface area (Å²) in [4.78, 5) is 16.8. The average Bonchev–Trinajstić information content (AvgIpc) is 3.18. The van der Waals surface area contributed by atoms with Crippen LogP contribution in [0.1, 0.15) is 27.9 Å². The van der Waals surface area contributed by atoms with Crippen LogP contribution in [0.25, 0.3) is 6.08 Å². The summed E-state index contributed by atoms with van der Waals surface area (Å²) in [6, 6.07) is 15.8. The second kappa shape index (κ2) is 7.40. The Balaban J connectivity index is 1.46. The third kappa shape index (κ3) is 3.59. The lowest BCUT2D eigenvalue weighted by Crippen LogP contribution is -2.14. The molecule has 3 aromatic rings. The molecule has 1 heterocycles. The standard InChI is InChI=1S/C22H20N2O2/c25-22-19(14-17-4-2-1-3-5-17)7-6-18-15-20(8-9-21(18)22)26-13-12-24-11-10-23-16-24/h1-5,8-11,14-16H,6-7,12-13H2/b19-14-. The van der Waals surface area contributed by atoms with Crippen molar-refractivity contribution < 1.29 is 9.53 Å². The van der Waals surface area contributed by atoms with Gasteiger partial charge in [0.25, 0.3) is 0 Å². The molecule has 0 aliphatic heterocycles. The van der Waals surface area contributed by atoms with E-state index in [4.69, 9.17) is 4.74 Å². The number of allylic oxidation sites excluding steroid dienone is 1. The number of hydrogen-bond donors (Lipinski definition) is 0. The summed E-state index contributed by atoms with van der Waals surface area (Å²) in [5.41, 5.74) is 3.80. The summed E-state index contributed by atoms with van der Waals surface area (Å²) < 4.78 is 7.80. The van der Waals surface area contributed by atoms with E-state index < -0.39 is 0 Å². The monoisotopic (exact) mass is 344 g/mol. The van der Waals surface area contributed by atoms with E-state index in [9.17, 15) is 4.79 Å². The van der Waals surface area contributed by atoms with Crippen molar-refractivity contribution in [3.8, 4) is 5.75 Å². The predicted octanol–water partition coefficient (Wildman–Crippen LogP) is 4.17. The molecule has 0 saturated heterocycles. The molecule has 1 aliphatic rings. The number of aryl methyl sites for hydroxylation is 1. The number of imidazole rings is 1. The largest absolute Gasteiger partial charge is 0.492 e. The Morgan fingerprint density at radius 1 is 1.12 bits per heavy atom. The highest BCUT2D eigenvalue weighted by Gasteiger charge is 2.22. The number of benzene rings is 2. The van der Waals surface area contributed by atoms with Gasteiger partial charge in [-0.15, -0.1) is 0 Å². The molecule has 2 aromatic carbocycles. The molecule has 1 aromatic heterocycles. The Bertz CT molecular complexity index is 928. The topological polar surface area (TPSA) is 44.1 Å².